The van der Waals surface area contributed by atoms with Crippen molar-refractivity contribution in [1.82, 2.24) is 9.97 Å². The summed E-state index contributed by atoms with van der Waals surface area (Å²) in [6.07, 6.45) is 5.38. The van der Waals surface area contributed by atoms with Crippen LogP contribution < -0.4 is 10.6 Å². The Labute approximate surface area is 122 Å². The lowest BCUT2D eigenvalue weighted by Gasteiger charge is -2.10. The van der Waals surface area contributed by atoms with E-state index in [1.165, 1.54) is 0 Å². The lowest BCUT2D eigenvalue weighted by molar-refractivity contribution is -0.115. The van der Waals surface area contributed by atoms with Gasteiger partial charge in [-0.25, -0.2) is 0 Å². The third-order valence-electron chi connectivity index (χ3n) is 2.65. The SMILES string of the molecule is CCC(=O)Nc1ccc(Cl)c(NCc2cnccn2)c1. The van der Waals surface area contributed by atoms with Gasteiger partial charge in [-0.05, 0) is 18.2 Å². The predicted octanol–water partition coefficient (Wildman–Crippen LogP) is 3.09. The molecule has 0 atom stereocenters. The van der Waals surface area contributed by atoms with E-state index in [-0.39, 0.29) is 5.91 Å². The molecule has 0 bridgehead atoms. The van der Waals surface area contributed by atoms with Crippen LogP contribution in [0.2, 0.25) is 5.02 Å². The van der Waals surface area contributed by atoms with Crippen molar-refractivity contribution in [3.63, 3.8) is 0 Å². The molecule has 0 saturated carbocycles. The minimum atomic E-state index is -0.0350. The number of carbonyl (C=O) groups excluding carboxylic acids is 1. The number of aromatic nitrogens is 2. The molecule has 0 aliphatic carbocycles. The van der Waals surface area contributed by atoms with Crippen molar-refractivity contribution < 1.29 is 4.79 Å². The minimum absolute atomic E-state index is 0.0350. The van der Waals surface area contributed by atoms with Gasteiger partial charge in [0.25, 0.3) is 0 Å². The Morgan fingerprint density at radius 1 is 1.35 bits per heavy atom. The van der Waals surface area contributed by atoms with Crippen LogP contribution in [-0.2, 0) is 11.3 Å². The summed E-state index contributed by atoms with van der Waals surface area (Å²) in [6, 6.07) is 5.31. The number of amides is 1. The summed E-state index contributed by atoms with van der Waals surface area (Å²) in [4.78, 5) is 19.5. The van der Waals surface area contributed by atoms with Crippen molar-refractivity contribution in [2.45, 2.75) is 19.9 Å². The first-order chi connectivity index (χ1) is 9.69. The van der Waals surface area contributed by atoms with Crippen molar-refractivity contribution in [3.05, 3.63) is 47.5 Å². The number of anilines is 2. The number of carbonyl (C=O) groups is 1. The molecule has 0 aliphatic heterocycles. The summed E-state index contributed by atoms with van der Waals surface area (Å²) in [5.41, 5.74) is 2.26. The molecule has 0 radical (unpaired) electrons. The topological polar surface area (TPSA) is 66.9 Å². The molecule has 0 saturated heterocycles. The van der Waals surface area contributed by atoms with E-state index in [1.54, 1.807) is 43.7 Å². The quantitative estimate of drug-likeness (QED) is 0.888. The van der Waals surface area contributed by atoms with E-state index in [9.17, 15) is 4.79 Å². The van der Waals surface area contributed by atoms with Crippen LogP contribution in [0.1, 0.15) is 19.0 Å². The molecule has 1 aromatic heterocycles. The second-order valence-corrected chi connectivity index (χ2v) is 4.55. The van der Waals surface area contributed by atoms with E-state index >= 15 is 0 Å². The van der Waals surface area contributed by atoms with Gasteiger partial charge in [-0.3, -0.25) is 14.8 Å². The zero-order valence-corrected chi connectivity index (χ0v) is 11.8. The summed E-state index contributed by atoms with van der Waals surface area (Å²) in [6.45, 7) is 2.32. The number of rotatable bonds is 5. The number of benzene rings is 1. The molecule has 20 heavy (non-hydrogen) atoms. The maximum Gasteiger partial charge on any atom is 0.224 e. The van der Waals surface area contributed by atoms with Gasteiger partial charge in [-0.2, -0.15) is 0 Å². The van der Waals surface area contributed by atoms with Crippen molar-refractivity contribution in [1.29, 1.82) is 0 Å². The first-order valence-electron chi connectivity index (χ1n) is 6.27. The highest BCUT2D eigenvalue weighted by atomic mass is 35.5. The normalized spacial score (nSPS) is 10.1. The molecule has 104 valence electrons. The smallest absolute Gasteiger partial charge is 0.224 e. The molecule has 2 N–H and O–H groups in total. The molecule has 2 rings (SSSR count). The third-order valence-corrected chi connectivity index (χ3v) is 2.98. The number of halogens is 1. The monoisotopic (exact) mass is 290 g/mol. The van der Waals surface area contributed by atoms with Crippen molar-refractivity contribution in [2.24, 2.45) is 0 Å². The van der Waals surface area contributed by atoms with Gasteiger partial charge in [-0.15, -0.1) is 0 Å². The Morgan fingerprint density at radius 2 is 2.20 bits per heavy atom. The first-order valence-corrected chi connectivity index (χ1v) is 6.65. The van der Waals surface area contributed by atoms with Crippen molar-refractivity contribution in [3.8, 4) is 0 Å². The minimum Gasteiger partial charge on any atom is -0.378 e. The molecule has 0 fully saturated rings. The number of nitrogens with zero attached hydrogens (tertiary/aromatic N) is 2. The standard InChI is InChI=1S/C14H15ClN4O/c1-2-14(20)19-10-3-4-12(15)13(7-10)18-9-11-8-16-5-6-17-11/h3-8,18H,2,9H2,1H3,(H,19,20). The Morgan fingerprint density at radius 3 is 2.90 bits per heavy atom. The second kappa shape index (κ2) is 6.86. The van der Waals surface area contributed by atoms with Gasteiger partial charge in [0.2, 0.25) is 5.91 Å². The number of nitrogens with one attached hydrogen (secondary N) is 2. The van der Waals surface area contributed by atoms with E-state index in [0.717, 1.165) is 11.4 Å². The van der Waals surface area contributed by atoms with Crippen LogP contribution in [0.25, 0.3) is 0 Å². The van der Waals surface area contributed by atoms with E-state index in [1.807, 2.05) is 0 Å². The molecule has 0 spiro atoms. The summed E-state index contributed by atoms with van der Waals surface area (Å²) >= 11 is 6.12. The van der Waals surface area contributed by atoms with E-state index in [2.05, 4.69) is 20.6 Å². The van der Waals surface area contributed by atoms with Crippen LogP contribution in [0.15, 0.2) is 36.8 Å². The number of hydrogen-bond acceptors (Lipinski definition) is 4. The van der Waals surface area contributed by atoms with Crippen LogP contribution in [0.4, 0.5) is 11.4 Å². The van der Waals surface area contributed by atoms with Crippen LogP contribution in [0.5, 0.6) is 0 Å². The number of hydrogen-bond donors (Lipinski definition) is 2. The van der Waals surface area contributed by atoms with E-state index in [4.69, 9.17) is 11.6 Å². The molecule has 0 aliphatic rings. The molecular weight excluding hydrogens is 276 g/mol. The van der Waals surface area contributed by atoms with Crippen LogP contribution >= 0.6 is 11.6 Å². The van der Waals surface area contributed by atoms with Crippen molar-refractivity contribution in [2.75, 3.05) is 10.6 Å². The maximum absolute atomic E-state index is 11.4. The van der Waals surface area contributed by atoms with E-state index < -0.39 is 0 Å². The predicted molar refractivity (Wildman–Crippen MR) is 79.7 cm³/mol. The molecule has 1 amide bonds. The van der Waals surface area contributed by atoms with Crippen LogP contribution in [0, 0.1) is 0 Å². The fourth-order valence-corrected chi connectivity index (χ4v) is 1.78. The molecule has 6 heteroatoms. The third kappa shape index (κ3) is 3.93. The lowest BCUT2D eigenvalue weighted by atomic mass is 10.2. The van der Waals surface area contributed by atoms with Gasteiger partial charge < -0.3 is 10.6 Å². The summed E-state index contributed by atoms with van der Waals surface area (Å²) in [5.74, 6) is -0.0350. The maximum atomic E-state index is 11.4. The molecular formula is C14H15ClN4O. The van der Waals surface area contributed by atoms with Crippen molar-refractivity contribution >= 4 is 28.9 Å². The summed E-state index contributed by atoms with van der Waals surface area (Å²) in [5, 5.41) is 6.55. The molecule has 2 aromatic rings. The highest BCUT2D eigenvalue weighted by molar-refractivity contribution is 6.33. The molecule has 1 aromatic carbocycles. The highest BCUT2D eigenvalue weighted by Crippen LogP contribution is 2.26. The first kappa shape index (κ1) is 14.3. The largest absolute Gasteiger partial charge is 0.378 e. The zero-order valence-electron chi connectivity index (χ0n) is 11.1. The Bertz CT molecular complexity index is 589. The van der Waals surface area contributed by atoms with Gasteiger partial charge in [0.1, 0.15) is 0 Å². The second-order valence-electron chi connectivity index (χ2n) is 4.15. The van der Waals surface area contributed by atoms with Crippen LogP contribution in [-0.4, -0.2) is 15.9 Å². The molecule has 1 heterocycles. The summed E-state index contributed by atoms with van der Waals surface area (Å²) in [7, 11) is 0. The van der Waals surface area contributed by atoms with Gasteiger partial charge in [0.15, 0.2) is 0 Å². The Balaban J connectivity index is 2.06. The van der Waals surface area contributed by atoms with Gasteiger partial charge in [-0.1, -0.05) is 18.5 Å². The summed E-state index contributed by atoms with van der Waals surface area (Å²) < 4.78 is 0. The average molecular weight is 291 g/mol. The molecule has 5 nitrogen and oxygen atoms in total. The Kier molecular flexibility index (Phi) is 4.90. The fourth-order valence-electron chi connectivity index (χ4n) is 1.59. The van der Waals surface area contributed by atoms with E-state index in [0.29, 0.717) is 23.7 Å². The van der Waals surface area contributed by atoms with Gasteiger partial charge >= 0.3 is 0 Å². The fraction of sp³-hybridized carbons (Fsp3) is 0.214. The zero-order chi connectivity index (χ0) is 14.4. The average Bonchev–Trinajstić information content (AvgIpc) is 2.48. The van der Waals surface area contributed by atoms with Gasteiger partial charge in [0.05, 0.1) is 29.1 Å². The Hall–Kier alpha value is -2.14. The lowest BCUT2D eigenvalue weighted by Crippen LogP contribution is -2.10. The van der Waals surface area contributed by atoms with Gasteiger partial charge in [0, 0.05) is 24.5 Å². The highest BCUT2D eigenvalue weighted by Gasteiger charge is 2.04. The van der Waals surface area contributed by atoms with Crippen LogP contribution in [0.3, 0.4) is 0 Å². The molecule has 0 unspecified atom stereocenters.